The quantitative estimate of drug-likeness (QED) is 0.430. The lowest BCUT2D eigenvalue weighted by atomic mass is 10.0. The van der Waals surface area contributed by atoms with Gasteiger partial charge in [0.05, 0.1) is 0 Å². The van der Waals surface area contributed by atoms with Gasteiger partial charge in [-0.25, -0.2) is 0 Å². The van der Waals surface area contributed by atoms with Crippen LogP contribution < -0.4 is 0 Å². The van der Waals surface area contributed by atoms with Gasteiger partial charge in [-0.2, -0.15) is 0 Å². The Kier molecular flexibility index (Phi) is 3.52. The maximum absolute atomic E-state index is 5.26. The molecule has 0 unspecified atom stereocenters. The molecule has 58 valence electrons. The van der Waals surface area contributed by atoms with E-state index in [0.717, 1.165) is 25.6 Å². The van der Waals surface area contributed by atoms with Gasteiger partial charge in [0.2, 0.25) is 0 Å². The minimum absolute atomic E-state index is 0.847. The van der Waals surface area contributed by atoms with E-state index in [2.05, 4.69) is 6.58 Å². The van der Waals surface area contributed by atoms with Gasteiger partial charge in [0, 0.05) is 13.2 Å². The van der Waals surface area contributed by atoms with Gasteiger partial charge in [-0.1, -0.05) is 6.08 Å². The van der Waals surface area contributed by atoms with Crippen LogP contribution in [-0.2, 0) is 4.74 Å². The summed E-state index contributed by atoms with van der Waals surface area (Å²) in [6.07, 6.45) is 7.05. The molecule has 1 heterocycles. The summed E-state index contributed by atoms with van der Waals surface area (Å²) in [5.41, 5.74) is 0. The minimum Gasteiger partial charge on any atom is -0.381 e. The predicted molar refractivity (Wildman–Crippen MR) is 43.0 cm³/mol. The fraction of sp³-hybridized carbons (Fsp3) is 0.778. The van der Waals surface area contributed by atoms with E-state index in [9.17, 15) is 0 Å². The van der Waals surface area contributed by atoms with Crippen LogP contribution >= 0.6 is 0 Å². The molecule has 1 aliphatic rings. The molecule has 0 saturated carbocycles. The lowest BCUT2D eigenvalue weighted by molar-refractivity contribution is 0.184. The van der Waals surface area contributed by atoms with Gasteiger partial charge in [0.15, 0.2) is 0 Å². The molecule has 1 saturated heterocycles. The van der Waals surface area contributed by atoms with E-state index < -0.39 is 0 Å². The molecule has 1 aliphatic heterocycles. The summed E-state index contributed by atoms with van der Waals surface area (Å²) in [5, 5.41) is 0. The molecule has 0 spiro atoms. The molecule has 1 fully saturated rings. The Morgan fingerprint density at radius 3 is 3.10 bits per heavy atom. The number of allylic oxidation sites excluding steroid dienone is 1. The predicted octanol–water partition coefficient (Wildman–Crippen LogP) is 2.38. The van der Waals surface area contributed by atoms with Gasteiger partial charge in [0.1, 0.15) is 0 Å². The van der Waals surface area contributed by atoms with Gasteiger partial charge >= 0.3 is 0 Å². The highest BCUT2D eigenvalue weighted by Crippen LogP contribution is 2.18. The van der Waals surface area contributed by atoms with Crippen molar-refractivity contribution in [2.45, 2.75) is 25.7 Å². The summed E-state index contributed by atoms with van der Waals surface area (Å²) in [4.78, 5) is 0. The SMILES string of the molecule is C=CCCC[C@@H]1CCOC1. The first-order valence-corrected chi connectivity index (χ1v) is 4.12. The van der Waals surface area contributed by atoms with E-state index in [1.54, 1.807) is 0 Å². The molecule has 10 heavy (non-hydrogen) atoms. The summed E-state index contributed by atoms with van der Waals surface area (Å²) in [6.45, 7) is 5.68. The maximum Gasteiger partial charge on any atom is 0.0495 e. The van der Waals surface area contributed by atoms with Crippen molar-refractivity contribution < 1.29 is 4.74 Å². The summed E-state index contributed by atoms with van der Waals surface area (Å²) in [7, 11) is 0. The Hall–Kier alpha value is -0.300. The third-order valence-corrected chi connectivity index (χ3v) is 2.04. The van der Waals surface area contributed by atoms with Crippen LogP contribution in [-0.4, -0.2) is 13.2 Å². The monoisotopic (exact) mass is 140 g/mol. The number of ether oxygens (including phenoxy) is 1. The third-order valence-electron chi connectivity index (χ3n) is 2.04. The van der Waals surface area contributed by atoms with Crippen LogP contribution in [0.2, 0.25) is 0 Å². The third kappa shape index (κ3) is 2.53. The largest absolute Gasteiger partial charge is 0.381 e. The van der Waals surface area contributed by atoms with E-state index in [4.69, 9.17) is 4.74 Å². The van der Waals surface area contributed by atoms with Crippen molar-refractivity contribution in [2.24, 2.45) is 5.92 Å². The van der Waals surface area contributed by atoms with E-state index in [1.807, 2.05) is 6.08 Å². The van der Waals surface area contributed by atoms with Gasteiger partial charge in [0.25, 0.3) is 0 Å². The van der Waals surface area contributed by atoms with Crippen LogP contribution in [0.5, 0.6) is 0 Å². The van der Waals surface area contributed by atoms with Crippen LogP contribution in [0, 0.1) is 5.92 Å². The highest BCUT2D eigenvalue weighted by atomic mass is 16.5. The summed E-state index contributed by atoms with van der Waals surface area (Å²) in [5.74, 6) is 0.847. The molecule has 0 amide bonds. The van der Waals surface area contributed by atoms with Crippen LogP contribution in [0.1, 0.15) is 25.7 Å². The summed E-state index contributed by atoms with van der Waals surface area (Å²) < 4.78 is 5.26. The van der Waals surface area contributed by atoms with E-state index in [-0.39, 0.29) is 0 Å². The molecule has 1 nitrogen and oxygen atoms in total. The Bertz CT molecular complexity index is 92.9. The van der Waals surface area contributed by atoms with Crippen molar-refractivity contribution >= 4 is 0 Å². The van der Waals surface area contributed by atoms with Crippen molar-refractivity contribution in [3.63, 3.8) is 0 Å². The number of rotatable bonds is 4. The molecule has 1 atom stereocenters. The van der Waals surface area contributed by atoms with Crippen molar-refractivity contribution in [1.82, 2.24) is 0 Å². The lowest BCUT2D eigenvalue weighted by Gasteiger charge is -2.03. The van der Waals surface area contributed by atoms with E-state index in [1.165, 1.54) is 19.3 Å². The van der Waals surface area contributed by atoms with Crippen molar-refractivity contribution in [3.05, 3.63) is 12.7 Å². The normalized spacial score (nSPS) is 25.0. The van der Waals surface area contributed by atoms with Crippen LogP contribution in [0.3, 0.4) is 0 Å². The minimum atomic E-state index is 0.847. The van der Waals surface area contributed by atoms with Crippen molar-refractivity contribution in [2.75, 3.05) is 13.2 Å². The average Bonchev–Trinajstić information content (AvgIpc) is 2.41. The standard InChI is InChI=1S/C9H16O/c1-2-3-4-5-9-6-7-10-8-9/h2,9H,1,3-8H2/t9-/m1/s1. The van der Waals surface area contributed by atoms with Crippen LogP contribution in [0.15, 0.2) is 12.7 Å². The second-order valence-electron chi connectivity index (χ2n) is 2.95. The molecule has 0 aromatic rings. The van der Waals surface area contributed by atoms with E-state index in [0.29, 0.717) is 0 Å². The molecule has 0 bridgehead atoms. The first kappa shape index (κ1) is 7.80. The van der Waals surface area contributed by atoms with Crippen molar-refractivity contribution in [1.29, 1.82) is 0 Å². The zero-order valence-corrected chi connectivity index (χ0v) is 6.51. The molecular formula is C9H16O. The number of hydrogen-bond donors (Lipinski definition) is 0. The van der Waals surface area contributed by atoms with Gasteiger partial charge < -0.3 is 4.74 Å². The topological polar surface area (TPSA) is 9.23 Å². The smallest absolute Gasteiger partial charge is 0.0495 e. The zero-order valence-electron chi connectivity index (χ0n) is 6.51. The van der Waals surface area contributed by atoms with Gasteiger partial charge in [-0.05, 0) is 31.6 Å². The fourth-order valence-electron chi connectivity index (χ4n) is 1.36. The van der Waals surface area contributed by atoms with Crippen LogP contribution in [0.4, 0.5) is 0 Å². The Morgan fingerprint density at radius 1 is 1.60 bits per heavy atom. The zero-order chi connectivity index (χ0) is 7.23. The second-order valence-corrected chi connectivity index (χ2v) is 2.95. The maximum atomic E-state index is 5.26. The van der Waals surface area contributed by atoms with Crippen LogP contribution in [0.25, 0.3) is 0 Å². The van der Waals surface area contributed by atoms with Gasteiger partial charge in [-0.3, -0.25) is 0 Å². The van der Waals surface area contributed by atoms with E-state index >= 15 is 0 Å². The first-order valence-electron chi connectivity index (χ1n) is 4.12. The molecule has 1 heteroatoms. The molecule has 1 rings (SSSR count). The van der Waals surface area contributed by atoms with Crippen molar-refractivity contribution in [3.8, 4) is 0 Å². The summed E-state index contributed by atoms with van der Waals surface area (Å²) in [6, 6.07) is 0. The number of unbranched alkanes of at least 4 members (excludes halogenated alkanes) is 1. The summed E-state index contributed by atoms with van der Waals surface area (Å²) >= 11 is 0. The number of hydrogen-bond acceptors (Lipinski definition) is 1. The Balaban J connectivity index is 1.96. The molecule has 0 aromatic carbocycles. The lowest BCUT2D eigenvalue weighted by Crippen LogP contribution is -1.97. The molecule has 0 aliphatic carbocycles. The molecule has 0 radical (unpaired) electrons. The van der Waals surface area contributed by atoms with Gasteiger partial charge in [-0.15, -0.1) is 6.58 Å². The highest BCUT2D eigenvalue weighted by Gasteiger charge is 2.13. The molecule has 0 aromatic heterocycles. The Morgan fingerprint density at radius 2 is 2.50 bits per heavy atom. The first-order chi connectivity index (χ1) is 4.93. The Labute approximate surface area is 63.1 Å². The average molecular weight is 140 g/mol. The molecule has 0 N–H and O–H groups in total. The second kappa shape index (κ2) is 4.51. The highest BCUT2D eigenvalue weighted by molar-refractivity contribution is 4.69. The fourth-order valence-corrected chi connectivity index (χ4v) is 1.36. The molecular weight excluding hydrogens is 124 g/mol.